The monoisotopic (exact) mass is 306 g/mol. The highest BCUT2D eigenvalue weighted by Crippen LogP contribution is 2.19. The van der Waals surface area contributed by atoms with Gasteiger partial charge in [0.1, 0.15) is 11.6 Å². The van der Waals surface area contributed by atoms with E-state index in [1.807, 2.05) is 13.2 Å². The van der Waals surface area contributed by atoms with Crippen LogP contribution in [0.2, 0.25) is 0 Å². The van der Waals surface area contributed by atoms with Crippen molar-refractivity contribution in [2.24, 2.45) is 0 Å². The van der Waals surface area contributed by atoms with E-state index in [9.17, 15) is 14.9 Å². The Morgan fingerprint density at radius 3 is 2.75 bits per heavy atom. The van der Waals surface area contributed by atoms with Gasteiger partial charge in [0.05, 0.1) is 19.8 Å². The van der Waals surface area contributed by atoms with Crippen LogP contribution in [0.4, 0.5) is 0 Å². The third-order valence-corrected chi connectivity index (χ3v) is 3.66. The number of rotatable bonds is 10. The summed E-state index contributed by atoms with van der Waals surface area (Å²) in [5.41, 5.74) is -0.738. The standard InChI is InChI=1S/C12H22N2O5S/c1-3-5-19-11(15)10(4-6-20-2)13-12(7-14(16)17)8-18-9-12/h10,13H,3-9H2,1-2H3/t10-/m0/s1. The first-order valence-electron chi connectivity index (χ1n) is 6.66. The van der Waals surface area contributed by atoms with E-state index in [1.54, 1.807) is 11.8 Å². The number of hydrogen-bond acceptors (Lipinski definition) is 7. The van der Waals surface area contributed by atoms with Crippen molar-refractivity contribution in [2.75, 3.05) is 38.4 Å². The summed E-state index contributed by atoms with van der Waals surface area (Å²) in [7, 11) is 0. The van der Waals surface area contributed by atoms with Crippen LogP contribution in [-0.4, -0.2) is 60.8 Å². The van der Waals surface area contributed by atoms with Crippen LogP contribution in [-0.2, 0) is 14.3 Å². The van der Waals surface area contributed by atoms with E-state index in [2.05, 4.69) is 5.32 Å². The highest BCUT2D eigenvalue weighted by atomic mass is 32.2. The third-order valence-electron chi connectivity index (χ3n) is 3.01. The van der Waals surface area contributed by atoms with Gasteiger partial charge in [-0.05, 0) is 24.9 Å². The van der Waals surface area contributed by atoms with Crippen molar-refractivity contribution in [1.82, 2.24) is 5.32 Å². The number of nitrogens with zero attached hydrogens (tertiary/aromatic N) is 1. The van der Waals surface area contributed by atoms with Gasteiger partial charge in [0.2, 0.25) is 6.54 Å². The summed E-state index contributed by atoms with van der Waals surface area (Å²) in [6.07, 6.45) is 3.29. The lowest BCUT2D eigenvalue weighted by molar-refractivity contribution is -0.498. The number of nitro groups is 1. The maximum absolute atomic E-state index is 12.0. The van der Waals surface area contributed by atoms with Gasteiger partial charge in [-0.25, -0.2) is 0 Å². The predicted octanol–water partition coefficient (Wildman–Crippen LogP) is 0.697. The van der Waals surface area contributed by atoms with Gasteiger partial charge in [0.15, 0.2) is 0 Å². The Kier molecular flexibility index (Phi) is 7.25. The summed E-state index contributed by atoms with van der Waals surface area (Å²) in [4.78, 5) is 22.4. The SMILES string of the molecule is CCCOC(=O)[C@H](CCSC)NC1(C[N+](=O)[O-])COC1. The number of carbonyl (C=O) groups is 1. The van der Waals surface area contributed by atoms with Crippen molar-refractivity contribution in [1.29, 1.82) is 0 Å². The summed E-state index contributed by atoms with van der Waals surface area (Å²) in [6, 6.07) is -0.516. The number of carbonyl (C=O) groups excluding carboxylic acids is 1. The third kappa shape index (κ3) is 5.26. The van der Waals surface area contributed by atoms with E-state index >= 15 is 0 Å². The first-order valence-corrected chi connectivity index (χ1v) is 8.05. The maximum atomic E-state index is 12.0. The van der Waals surface area contributed by atoms with Crippen LogP contribution in [0.15, 0.2) is 0 Å². The molecule has 1 saturated heterocycles. The van der Waals surface area contributed by atoms with Crippen LogP contribution in [0.3, 0.4) is 0 Å². The molecule has 0 aliphatic carbocycles. The van der Waals surface area contributed by atoms with Crippen LogP contribution in [0.5, 0.6) is 0 Å². The molecule has 0 spiro atoms. The van der Waals surface area contributed by atoms with Crippen molar-refractivity contribution < 1.29 is 19.2 Å². The number of nitrogens with one attached hydrogen (secondary N) is 1. The minimum atomic E-state index is -0.738. The zero-order chi connectivity index (χ0) is 15.0. The summed E-state index contributed by atoms with van der Waals surface area (Å²) in [5, 5.41) is 13.8. The Morgan fingerprint density at radius 1 is 1.60 bits per heavy atom. The number of ether oxygens (including phenoxy) is 2. The van der Waals surface area contributed by atoms with E-state index in [0.717, 1.165) is 12.2 Å². The van der Waals surface area contributed by atoms with Gasteiger partial charge in [-0.2, -0.15) is 11.8 Å². The Morgan fingerprint density at radius 2 is 2.30 bits per heavy atom. The van der Waals surface area contributed by atoms with Crippen molar-refractivity contribution in [3.05, 3.63) is 10.1 Å². The molecule has 0 aromatic rings. The van der Waals surface area contributed by atoms with Gasteiger partial charge >= 0.3 is 5.97 Å². The van der Waals surface area contributed by atoms with E-state index < -0.39 is 11.6 Å². The molecule has 20 heavy (non-hydrogen) atoms. The first kappa shape index (κ1) is 17.2. The van der Waals surface area contributed by atoms with Gasteiger partial charge < -0.3 is 9.47 Å². The number of hydrogen-bond donors (Lipinski definition) is 1. The molecule has 0 unspecified atom stereocenters. The molecule has 0 radical (unpaired) electrons. The van der Waals surface area contributed by atoms with Crippen LogP contribution >= 0.6 is 11.8 Å². The Bertz CT molecular complexity index is 336. The van der Waals surface area contributed by atoms with E-state index in [0.29, 0.717) is 13.0 Å². The molecule has 1 N–H and O–H groups in total. The van der Waals surface area contributed by atoms with E-state index in [4.69, 9.17) is 9.47 Å². The molecule has 1 aliphatic rings. The average molecular weight is 306 g/mol. The molecule has 1 fully saturated rings. The van der Waals surface area contributed by atoms with Crippen molar-refractivity contribution in [2.45, 2.75) is 31.3 Å². The van der Waals surface area contributed by atoms with Gasteiger partial charge in [0.25, 0.3) is 0 Å². The lowest BCUT2D eigenvalue weighted by Gasteiger charge is -2.40. The molecule has 1 atom stereocenters. The molecule has 0 aromatic carbocycles. The second-order valence-electron chi connectivity index (χ2n) is 4.91. The normalized spacial score (nSPS) is 18.1. The molecule has 1 aliphatic heterocycles. The van der Waals surface area contributed by atoms with E-state index in [-0.39, 0.29) is 30.7 Å². The highest BCUT2D eigenvalue weighted by molar-refractivity contribution is 7.98. The van der Waals surface area contributed by atoms with Crippen molar-refractivity contribution >= 4 is 17.7 Å². The van der Waals surface area contributed by atoms with Gasteiger partial charge in [0, 0.05) is 4.92 Å². The Labute approximate surface area is 122 Å². The Balaban J connectivity index is 2.62. The summed E-state index contributed by atoms with van der Waals surface area (Å²) in [5.74, 6) is 0.449. The largest absolute Gasteiger partial charge is 0.465 e. The van der Waals surface area contributed by atoms with Crippen molar-refractivity contribution in [3.63, 3.8) is 0 Å². The molecule has 7 nitrogen and oxygen atoms in total. The van der Waals surface area contributed by atoms with Crippen LogP contribution in [0.1, 0.15) is 19.8 Å². The van der Waals surface area contributed by atoms with Gasteiger partial charge in [-0.1, -0.05) is 6.92 Å². The lowest BCUT2D eigenvalue weighted by atomic mass is 9.95. The lowest BCUT2D eigenvalue weighted by Crippen LogP contribution is -2.68. The number of thioether (sulfide) groups is 1. The molecule has 0 bridgehead atoms. The molecule has 1 heterocycles. The fourth-order valence-electron chi connectivity index (χ4n) is 1.97. The van der Waals surface area contributed by atoms with E-state index in [1.165, 1.54) is 0 Å². The quantitative estimate of drug-likeness (QED) is 0.361. The van der Waals surface area contributed by atoms with Crippen LogP contribution in [0, 0.1) is 10.1 Å². The second kappa shape index (κ2) is 8.43. The zero-order valence-electron chi connectivity index (χ0n) is 11.9. The van der Waals surface area contributed by atoms with Gasteiger partial charge in [-0.3, -0.25) is 20.2 Å². The Hall–Kier alpha value is -0.860. The van der Waals surface area contributed by atoms with Crippen molar-refractivity contribution in [3.8, 4) is 0 Å². The summed E-state index contributed by atoms with van der Waals surface area (Å²) < 4.78 is 10.2. The molecular weight excluding hydrogens is 284 g/mol. The zero-order valence-corrected chi connectivity index (χ0v) is 12.7. The van der Waals surface area contributed by atoms with Crippen LogP contribution in [0.25, 0.3) is 0 Å². The molecular formula is C12H22N2O5S. The second-order valence-corrected chi connectivity index (χ2v) is 5.90. The molecule has 8 heteroatoms. The fourth-order valence-corrected chi connectivity index (χ4v) is 2.44. The molecule has 0 aromatic heterocycles. The minimum absolute atomic E-state index is 0.246. The summed E-state index contributed by atoms with van der Waals surface area (Å²) >= 11 is 1.62. The predicted molar refractivity (Wildman–Crippen MR) is 76.6 cm³/mol. The molecule has 1 rings (SSSR count). The smallest absolute Gasteiger partial charge is 0.323 e. The molecule has 116 valence electrons. The molecule has 0 saturated carbocycles. The topological polar surface area (TPSA) is 90.7 Å². The molecule has 0 amide bonds. The summed E-state index contributed by atoms with van der Waals surface area (Å²) in [6.45, 7) is 2.56. The minimum Gasteiger partial charge on any atom is -0.465 e. The average Bonchev–Trinajstić information content (AvgIpc) is 2.37. The fraction of sp³-hybridized carbons (Fsp3) is 0.917. The van der Waals surface area contributed by atoms with Gasteiger partial charge in [-0.15, -0.1) is 0 Å². The number of esters is 1. The first-order chi connectivity index (χ1) is 9.53. The highest BCUT2D eigenvalue weighted by Gasteiger charge is 2.46. The van der Waals surface area contributed by atoms with Crippen LogP contribution < -0.4 is 5.32 Å². The maximum Gasteiger partial charge on any atom is 0.323 e.